The zero-order chi connectivity index (χ0) is 25.9. The number of carbonyl (C=O) groups excluding carboxylic acids is 1. The lowest BCUT2D eigenvalue weighted by atomic mass is 9.90. The Morgan fingerprint density at radius 3 is 2.42 bits per heavy atom. The first-order valence-electron chi connectivity index (χ1n) is 13.7. The zero-order valence-corrected chi connectivity index (χ0v) is 22.0. The van der Waals surface area contributed by atoms with Crippen molar-refractivity contribution < 1.29 is 19.0 Å². The molecule has 3 aliphatic rings. The average Bonchev–Trinajstić information content (AvgIpc) is 3.35. The summed E-state index contributed by atoms with van der Waals surface area (Å²) < 4.78 is 17.7. The van der Waals surface area contributed by atoms with Gasteiger partial charge in [0.1, 0.15) is 0 Å². The molecule has 0 N–H and O–H groups in total. The Balaban J connectivity index is 1.23. The summed E-state index contributed by atoms with van der Waals surface area (Å²) in [5.74, 6) is 0.462. The van der Waals surface area contributed by atoms with Crippen molar-refractivity contribution in [3.63, 3.8) is 0 Å². The van der Waals surface area contributed by atoms with Crippen molar-refractivity contribution >= 4 is 5.91 Å². The number of ether oxygens (including phenoxy) is 3. The summed E-state index contributed by atoms with van der Waals surface area (Å²) >= 11 is 0. The lowest BCUT2D eigenvalue weighted by molar-refractivity contribution is -0.156. The van der Waals surface area contributed by atoms with E-state index in [0.717, 1.165) is 43.5 Å². The van der Waals surface area contributed by atoms with Crippen LogP contribution >= 0.6 is 0 Å². The van der Waals surface area contributed by atoms with Crippen molar-refractivity contribution in [1.29, 1.82) is 0 Å². The topological polar surface area (TPSA) is 48.0 Å². The summed E-state index contributed by atoms with van der Waals surface area (Å²) in [6, 6.07) is 23.6. The molecule has 0 saturated carbocycles. The molecule has 0 bridgehead atoms. The summed E-state index contributed by atoms with van der Waals surface area (Å²) in [7, 11) is 1.70. The molecule has 5 nitrogen and oxygen atoms in total. The van der Waals surface area contributed by atoms with E-state index >= 15 is 0 Å². The second-order valence-electron chi connectivity index (χ2n) is 10.6. The van der Waals surface area contributed by atoms with Crippen LogP contribution in [0.5, 0.6) is 0 Å². The van der Waals surface area contributed by atoms with E-state index in [0.29, 0.717) is 25.4 Å². The minimum atomic E-state index is -0.488. The predicted octanol–water partition coefficient (Wildman–Crippen LogP) is 6.35. The Morgan fingerprint density at radius 2 is 1.63 bits per heavy atom. The monoisotopic (exact) mass is 509 g/mol. The number of amides is 1. The first-order chi connectivity index (χ1) is 18.7. The average molecular weight is 510 g/mol. The Hall–Kier alpha value is -3.41. The maximum Gasteiger partial charge on any atom is 0.288 e. The van der Waals surface area contributed by atoms with Crippen LogP contribution in [-0.2, 0) is 38.6 Å². The third-order valence-corrected chi connectivity index (χ3v) is 7.93. The quantitative estimate of drug-likeness (QED) is 0.291. The summed E-state index contributed by atoms with van der Waals surface area (Å²) in [5, 5.41) is 0. The molecule has 0 radical (unpaired) electrons. The molecule has 0 aromatic heterocycles. The van der Waals surface area contributed by atoms with Gasteiger partial charge in [-0.3, -0.25) is 4.79 Å². The number of hydrogen-bond donors (Lipinski definition) is 0. The fourth-order valence-corrected chi connectivity index (χ4v) is 5.88. The van der Waals surface area contributed by atoms with Crippen LogP contribution in [0.1, 0.15) is 59.4 Å². The summed E-state index contributed by atoms with van der Waals surface area (Å²) in [6.45, 7) is 2.60. The number of fused-ring (bicyclic) bond motifs is 3. The Morgan fingerprint density at radius 1 is 0.895 bits per heavy atom. The van der Waals surface area contributed by atoms with Gasteiger partial charge in [0.05, 0.1) is 13.2 Å². The van der Waals surface area contributed by atoms with Gasteiger partial charge in [-0.15, -0.1) is 0 Å². The molecular formula is C33H35NO4. The van der Waals surface area contributed by atoms with Crippen LogP contribution in [-0.4, -0.2) is 37.3 Å². The second-order valence-corrected chi connectivity index (χ2v) is 10.6. The molecule has 1 fully saturated rings. The van der Waals surface area contributed by atoms with Gasteiger partial charge < -0.3 is 19.1 Å². The highest BCUT2D eigenvalue weighted by molar-refractivity contribution is 5.92. The van der Waals surface area contributed by atoms with Gasteiger partial charge in [-0.25, -0.2) is 0 Å². The molecule has 5 heteroatoms. The van der Waals surface area contributed by atoms with Gasteiger partial charge in [0.2, 0.25) is 6.29 Å². The summed E-state index contributed by atoms with van der Waals surface area (Å²) in [5.41, 5.74) is 8.77. The molecule has 1 saturated heterocycles. The van der Waals surface area contributed by atoms with Crippen LogP contribution in [0.3, 0.4) is 0 Å². The van der Waals surface area contributed by atoms with Crippen molar-refractivity contribution in [2.75, 3.05) is 20.2 Å². The van der Waals surface area contributed by atoms with Gasteiger partial charge in [0.15, 0.2) is 5.76 Å². The lowest BCUT2D eigenvalue weighted by Gasteiger charge is -2.33. The van der Waals surface area contributed by atoms with Crippen molar-refractivity contribution in [2.45, 2.75) is 57.5 Å². The van der Waals surface area contributed by atoms with Crippen LogP contribution in [0, 0.1) is 0 Å². The SMILES string of the molecule is COCc1ccc(CO[C@@H]2C[C@H](c3ccc4c(c3)Cc3ccccc3-4)C=C(C(=O)N3CCCCC3)O2)cc1. The highest BCUT2D eigenvalue weighted by Crippen LogP contribution is 2.40. The first kappa shape index (κ1) is 24.9. The number of piperidine rings is 1. The van der Waals surface area contributed by atoms with Gasteiger partial charge in [-0.1, -0.05) is 66.7 Å². The standard InChI is InChI=1S/C33H35NO4/c1-36-21-23-9-11-24(12-10-23)22-37-32-20-27(19-31(38-32)33(35)34-15-5-2-6-16-34)25-13-14-30-28(17-25)18-26-7-3-4-8-29(26)30/h3-4,7-14,17,19,27,32H,2,5-6,15-16,18,20-22H2,1H3/t27-,32+/m1/s1. The minimum Gasteiger partial charge on any atom is -0.459 e. The van der Waals surface area contributed by atoms with Gasteiger partial charge in [0.25, 0.3) is 5.91 Å². The third kappa shape index (κ3) is 5.27. The van der Waals surface area contributed by atoms with Crippen LogP contribution in [0.2, 0.25) is 0 Å². The number of likely N-dealkylation sites (tertiary alicyclic amines) is 1. The molecule has 3 aromatic rings. The Bertz CT molecular complexity index is 1320. The molecule has 0 unspecified atom stereocenters. The predicted molar refractivity (Wildman–Crippen MR) is 147 cm³/mol. The molecule has 38 heavy (non-hydrogen) atoms. The number of hydrogen-bond acceptors (Lipinski definition) is 4. The molecule has 0 spiro atoms. The van der Waals surface area contributed by atoms with Crippen LogP contribution in [0.25, 0.3) is 11.1 Å². The Kier molecular flexibility index (Phi) is 7.30. The molecular weight excluding hydrogens is 474 g/mol. The van der Waals surface area contributed by atoms with Crippen LogP contribution < -0.4 is 0 Å². The van der Waals surface area contributed by atoms with Gasteiger partial charge in [-0.2, -0.15) is 0 Å². The van der Waals surface area contributed by atoms with Crippen molar-refractivity contribution in [3.05, 3.63) is 106 Å². The van der Waals surface area contributed by atoms with E-state index < -0.39 is 6.29 Å². The molecule has 2 heterocycles. The van der Waals surface area contributed by atoms with Crippen molar-refractivity contribution in [2.24, 2.45) is 0 Å². The fraction of sp³-hybridized carbons (Fsp3) is 0.364. The smallest absolute Gasteiger partial charge is 0.288 e. The normalized spacial score (nSPS) is 20.3. The number of nitrogens with zero attached hydrogens (tertiary/aromatic N) is 1. The maximum absolute atomic E-state index is 13.5. The molecule has 2 aliphatic heterocycles. The fourth-order valence-electron chi connectivity index (χ4n) is 5.88. The number of carbonyl (C=O) groups is 1. The highest BCUT2D eigenvalue weighted by Gasteiger charge is 2.32. The van der Waals surface area contributed by atoms with E-state index in [1.165, 1.54) is 34.2 Å². The van der Waals surface area contributed by atoms with E-state index in [1.807, 2.05) is 11.0 Å². The van der Waals surface area contributed by atoms with E-state index in [1.54, 1.807) is 7.11 Å². The largest absolute Gasteiger partial charge is 0.459 e. The third-order valence-electron chi connectivity index (χ3n) is 7.93. The van der Waals surface area contributed by atoms with Crippen LogP contribution in [0.15, 0.2) is 78.6 Å². The number of rotatable bonds is 7. The van der Waals surface area contributed by atoms with Crippen molar-refractivity contribution in [1.82, 2.24) is 4.90 Å². The van der Waals surface area contributed by atoms with E-state index in [9.17, 15) is 4.79 Å². The molecule has 1 amide bonds. The van der Waals surface area contributed by atoms with E-state index in [4.69, 9.17) is 14.2 Å². The second kappa shape index (κ2) is 11.1. The molecule has 1 aliphatic carbocycles. The molecule has 2 atom stereocenters. The van der Waals surface area contributed by atoms with Gasteiger partial charge in [-0.05, 0) is 70.7 Å². The zero-order valence-electron chi connectivity index (χ0n) is 22.0. The minimum absolute atomic E-state index is 0.0134. The Labute approximate surface area is 225 Å². The highest BCUT2D eigenvalue weighted by atomic mass is 16.7. The maximum atomic E-state index is 13.5. The van der Waals surface area contributed by atoms with E-state index in [2.05, 4.69) is 66.7 Å². The van der Waals surface area contributed by atoms with Crippen LogP contribution in [0.4, 0.5) is 0 Å². The molecule has 6 rings (SSSR count). The molecule has 3 aromatic carbocycles. The van der Waals surface area contributed by atoms with E-state index in [-0.39, 0.29) is 11.8 Å². The van der Waals surface area contributed by atoms with Gasteiger partial charge >= 0.3 is 0 Å². The van der Waals surface area contributed by atoms with Crippen molar-refractivity contribution in [3.8, 4) is 11.1 Å². The number of methoxy groups -OCH3 is 1. The number of allylic oxidation sites excluding steroid dienone is 1. The summed E-state index contributed by atoms with van der Waals surface area (Å²) in [6.07, 6.45) is 6.44. The molecule has 196 valence electrons. The van der Waals surface area contributed by atoms with Gasteiger partial charge in [0, 0.05) is 32.5 Å². The summed E-state index contributed by atoms with van der Waals surface area (Å²) in [4.78, 5) is 15.4. The lowest BCUT2D eigenvalue weighted by Crippen LogP contribution is -2.39. The first-order valence-corrected chi connectivity index (χ1v) is 13.7. The number of benzene rings is 3.